The molecule has 5 heteroatoms. The molecular formula is C17H28N2O3. The molecule has 1 N–H and O–H groups in total. The third-order valence-corrected chi connectivity index (χ3v) is 3.74. The summed E-state index contributed by atoms with van der Waals surface area (Å²) in [7, 11) is 0. The quantitative estimate of drug-likeness (QED) is 0.929. The van der Waals surface area contributed by atoms with Crippen LogP contribution in [0.15, 0.2) is 16.5 Å². The molecule has 2 rings (SSSR count). The van der Waals surface area contributed by atoms with Crippen LogP contribution in [0, 0.1) is 6.92 Å². The second-order valence-corrected chi connectivity index (χ2v) is 6.99. The lowest BCUT2D eigenvalue weighted by Crippen LogP contribution is -2.38. The van der Waals surface area contributed by atoms with Crippen LogP contribution in [0.2, 0.25) is 0 Å². The van der Waals surface area contributed by atoms with Crippen molar-refractivity contribution in [2.75, 3.05) is 13.1 Å². The predicted octanol–water partition coefficient (Wildman–Crippen LogP) is 3.47. The molecule has 1 amide bonds. The van der Waals surface area contributed by atoms with Crippen molar-refractivity contribution < 1.29 is 13.9 Å². The summed E-state index contributed by atoms with van der Waals surface area (Å²) in [5.74, 6) is 1.90. The van der Waals surface area contributed by atoms with Crippen molar-refractivity contribution in [1.29, 1.82) is 0 Å². The van der Waals surface area contributed by atoms with Gasteiger partial charge in [-0.1, -0.05) is 0 Å². The first-order valence-corrected chi connectivity index (χ1v) is 8.10. The minimum Gasteiger partial charge on any atom is -0.465 e. The van der Waals surface area contributed by atoms with Crippen LogP contribution in [-0.2, 0) is 11.3 Å². The first kappa shape index (κ1) is 16.9. The van der Waals surface area contributed by atoms with Crippen LogP contribution in [0.4, 0.5) is 4.79 Å². The monoisotopic (exact) mass is 308 g/mol. The zero-order valence-corrected chi connectivity index (χ0v) is 14.1. The molecule has 0 radical (unpaired) electrons. The molecule has 0 bridgehead atoms. The molecule has 5 nitrogen and oxygen atoms in total. The SMILES string of the molecule is Cc1ccc(CNC2CCCN(C(=O)OC(C)(C)C)CC2)o1. The van der Waals surface area contributed by atoms with Crippen LogP contribution >= 0.6 is 0 Å². The van der Waals surface area contributed by atoms with Gasteiger partial charge < -0.3 is 19.4 Å². The van der Waals surface area contributed by atoms with E-state index < -0.39 is 5.60 Å². The molecule has 1 fully saturated rings. The van der Waals surface area contributed by atoms with Gasteiger partial charge >= 0.3 is 6.09 Å². The highest BCUT2D eigenvalue weighted by molar-refractivity contribution is 5.68. The van der Waals surface area contributed by atoms with Gasteiger partial charge in [-0.05, 0) is 59.1 Å². The van der Waals surface area contributed by atoms with Gasteiger partial charge in [0.05, 0.1) is 6.54 Å². The predicted molar refractivity (Wildman–Crippen MR) is 85.7 cm³/mol. The van der Waals surface area contributed by atoms with Gasteiger partial charge in [-0.3, -0.25) is 0 Å². The van der Waals surface area contributed by atoms with Crippen LogP contribution in [0.25, 0.3) is 0 Å². The van der Waals surface area contributed by atoms with Gasteiger partial charge in [0.25, 0.3) is 0 Å². The first-order chi connectivity index (χ1) is 10.3. The number of carbonyl (C=O) groups excluding carboxylic acids is 1. The molecule has 1 unspecified atom stereocenters. The van der Waals surface area contributed by atoms with E-state index in [9.17, 15) is 4.79 Å². The highest BCUT2D eigenvalue weighted by atomic mass is 16.6. The van der Waals surface area contributed by atoms with Crippen LogP contribution in [0.3, 0.4) is 0 Å². The Hall–Kier alpha value is -1.49. The zero-order chi connectivity index (χ0) is 16.2. The number of hydrogen-bond acceptors (Lipinski definition) is 4. The lowest BCUT2D eigenvalue weighted by atomic mass is 10.1. The molecule has 0 aromatic carbocycles. The Balaban J connectivity index is 1.78. The maximum absolute atomic E-state index is 12.1. The molecule has 1 aromatic rings. The van der Waals surface area contributed by atoms with Gasteiger partial charge in [0, 0.05) is 19.1 Å². The topological polar surface area (TPSA) is 54.7 Å². The number of aryl methyl sites for hydroxylation is 1. The van der Waals surface area contributed by atoms with Crippen molar-refractivity contribution >= 4 is 6.09 Å². The summed E-state index contributed by atoms with van der Waals surface area (Å²) in [4.78, 5) is 13.9. The summed E-state index contributed by atoms with van der Waals surface area (Å²) in [6.45, 7) is 9.91. The molecule has 0 aliphatic carbocycles. The van der Waals surface area contributed by atoms with Gasteiger partial charge in [0.15, 0.2) is 0 Å². The lowest BCUT2D eigenvalue weighted by Gasteiger charge is -2.26. The number of likely N-dealkylation sites (tertiary alicyclic amines) is 1. The Kier molecular flexibility index (Phi) is 5.51. The summed E-state index contributed by atoms with van der Waals surface area (Å²) in [5, 5.41) is 3.53. The second kappa shape index (κ2) is 7.18. The Morgan fingerprint density at radius 2 is 2.14 bits per heavy atom. The smallest absolute Gasteiger partial charge is 0.410 e. The molecule has 2 heterocycles. The van der Waals surface area contributed by atoms with Crippen molar-refractivity contribution in [1.82, 2.24) is 10.2 Å². The van der Waals surface area contributed by atoms with Crippen molar-refractivity contribution in [3.8, 4) is 0 Å². The minimum atomic E-state index is -0.432. The van der Waals surface area contributed by atoms with Crippen molar-refractivity contribution in [3.63, 3.8) is 0 Å². The van der Waals surface area contributed by atoms with E-state index in [1.54, 1.807) is 0 Å². The normalized spacial score (nSPS) is 19.8. The molecule has 124 valence electrons. The molecule has 1 aliphatic heterocycles. The summed E-state index contributed by atoms with van der Waals surface area (Å²) in [6.07, 6.45) is 2.81. The van der Waals surface area contributed by atoms with Crippen LogP contribution < -0.4 is 5.32 Å². The number of amides is 1. The zero-order valence-electron chi connectivity index (χ0n) is 14.1. The van der Waals surface area contributed by atoms with Gasteiger partial charge in [-0.25, -0.2) is 4.79 Å². The Labute approximate surface area is 133 Å². The van der Waals surface area contributed by atoms with E-state index in [1.165, 1.54) is 0 Å². The third-order valence-electron chi connectivity index (χ3n) is 3.74. The van der Waals surface area contributed by atoms with Crippen molar-refractivity contribution in [2.45, 2.75) is 65.1 Å². The van der Waals surface area contributed by atoms with Gasteiger partial charge in [-0.2, -0.15) is 0 Å². The van der Waals surface area contributed by atoms with E-state index in [1.807, 2.05) is 44.7 Å². The highest BCUT2D eigenvalue weighted by Gasteiger charge is 2.25. The van der Waals surface area contributed by atoms with Gasteiger partial charge in [-0.15, -0.1) is 0 Å². The highest BCUT2D eigenvalue weighted by Crippen LogP contribution is 2.16. The minimum absolute atomic E-state index is 0.199. The number of ether oxygens (including phenoxy) is 1. The molecule has 22 heavy (non-hydrogen) atoms. The van der Waals surface area contributed by atoms with Crippen LogP contribution in [-0.4, -0.2) is 35.7 Å². The largest absolute Gasteiger partial charge is 0.465 e. The summed E-state index contributed by atoms with van der Waals surface area (Å²) in [6, 6.07) is 4.40. The molecule has 1 aromatic heterocycles. The van der Waals surface area contributed by atoms with Gasteiger partial charge in [0.1, 0.15) is 17.1 Å². The summed E-state index contributed by atoms with van der Waals surface area (Å²) >= 11 is 0. The summed E-state index contributed by atoms with van der Waals surface area (Å²) in [5.41, 5.74) is -0.432. The van der Waals surface area contributed by atoms with E-state index in [-0.39, 0.29) is 6.09 Å². The fraction of sp³-hybridized carbons (Fsp3) is 0.706. The van der Waals surface area contributed by atoms with E-state index >= 15 is 0 Å². The number of nitrogens with one attached hydrogen (secondary N) is 1. The maximum Gasteiger partial charge on any atom is 0.410 e. The number of rotatable bonds is 3. The number of carbonyl (C=O) groups is 1. The van der Waals surface area contributed by atoms with E-state index in [2.05, 4.69) is 5.32 Å². The summed E-state index contributed by atoms with van der Waals surface area (Å²) < 4.78 is 11.0. The Morgan fingerprint density at radius 3 is 2.77 bits per heavy atom. The fourth-order valence-corrected chi connectivity index (χ4v) is 2.63. The number of hydrogen-bond donors (Lipinski definition) is 1. The van der Waals surface area contributed by atoms with Crippen LogP contribution in [0.5, 0.6) is 0 Å². The Bertz CT molecular complexity index is 490. The standard InChI is InChI=1S/C17H28N2O3/c1-13-7-8-15(21-13)12-18-14-6-5-10-19(11-9-14)16(20)22-17(2,3)4/h7-8,14,18H,5-6,9-12H2,1-4H3. The Morgan fingerprint density at radius 1 is 1.36 bits per heavy atom. The second-order valence-electron chi connectivity index (χ2n) is 6.99. The van der Waals surface area contributed by atoms with Crippen molar-refractivity contribution in [2.24, 2.45) is 0 Å². The maximum atomic E-state index is 12.1. The fourth-order valence-electron chi connectivity index (χ4n) is 2.63. The number of nitrogens with zero attached hydrogens (tertiary/aromatic N) is 1. The van der Waals surface area contributed by atoms with E-state index in [0.29, 0.717) is 6.04 Å². The lowest BCUT2D eigenvalue weighted by molar-refractivity contribution is 0.0256. The van der Waals surface area contributed by atoms with Crippen LogP contribution in [0.1, 0.15) is 51.6 Å². The average Bonchev–Trinajstić information content (AvgIpc) is 2.69. The van der Waals surface area contributed by atoms with Gasteiger partial charge in [0.2, 0.25) is 0 Å². The molecule has 1 saturated heterocycles. The molecule has 1 atom stereocenters. The third kappa shape index (κ3) is 5.37. The molecule has 1 aliphatic rings. The van der Waals surface area contributed by atoms with E-state index in [0.717, 1.165) is 50.4 Å². The molecule has 0 saturated carbocycles. The van der Waals surface area contributed by atoms with Crippen molar-refractivity contribution in [3.05, 3.63) is 23.7 Å². The first-order valence-electron chi connectivity index (χ1n) is 8.10. The average molecular weight is 308 g/mol. The number of furan rings is 1. The molecular weight excluding hydrogens is 280 g/mol. The van der Waals surface area contributed by atoms with E-state index in [4.69, 9.17) is 9.15 Å². The molecule has 0 spiro atoms.